The highest BCUT2D eigenvalue weighted by Gasteiger charge is 2.30. The normalized spacial score (nSPS) is 21.7. The molecule has 3 aliphatic heterocycles. The van der Waals surface area contributed by atoms with E-state index in [2.05, 4.69) is 20.9 Å². The van der Waals surface area contributed by atoms with Gasteiger partial charge in [0.25, 0.3) is 0 Å². The molecule has 2 fully saturated rings. The molecule has 3 aromatic heterocycles. The van der Waals surface area contributed by atoms with Gasteiger partial charge in [0.2, 0.25) is 0 Å². The molecule has 2 atom stereocenters. The SMILES string of the molecule is [2H]C([2H])([2H])Oc1cc(Cl)cnc1[C@H]1C=Cc2cccc(C3CCN(Cc4nc5ccc(C(=O)O)nc5n4C[C@@H]4CCO4)CC3)c2O1. The van der Waals surface area contributed by atoms with Gasteiger partial charge in [-0.3, -0.25) is 9.88 Å². The number of imidazole rings is 1. The molecule has 0 unspecified atom stereocenters. The molecule has 0 spiro atoms. The van der Waals surface area contributed by atoms with Crippen molar-refractivity contribution in [3.8, 4) is 11.5 Å². The van der Waals surface area contributed by atoms with E-state index in [1.807, 2.05) is 28.9 Å². The summed E-state index contributed by atoms with van der Waals surface area (Å²) in [5.41, 5.74) is 3.62. The first-order chi connectivity index (χ1) is 22.1. The third-order valence-corrected chi connectivity index (χ3v) is 8.67. The number of para-hydroxylation sites is 1. The molecule has 6 heterocycles. The van der Waals surface area contributed by atoms with E-state index in [0.717, 1.165) is 61.7 Å². The number of hydrogen-bond acceptors (Lipinski definition) is 8. The van der Waals surface area contributed by atoms with Crippen LogP contribution in [0.1, 0.15) is 68.5 Å². The predicted octanol–water partition coefficient (Wildman–Crippen LogP) is 5.50. The summed E-state index contributed by atoms with van der Waals surface area (Å²) in [5, 5.41) is 9.77. The fraction of sp³-hybridized carbons (Fsp3) is 0.375. The summed E-state index contributed by atoms with van der Waals surface area (Å²) in [7, 11) is -2.66. The Morgan fingerprint density at radius 1 is 1.21 bits per heavy atom. The van der Waals surface area contributed by atoms with Gasteiger partial charge >= 0.3 is 5.97 Å². The van der Waals surface area contributed by atoms with Gasteiger partial charge < -0.3 is 23.9 Å². The van der Waals surface area contributed by atoms with Gasteiger partial charge in [-0.2, -0.15) is 0 Å². The van der Waals surface area contributed by atoms with Crippen LogP contribution in [0.2, 0.25) is 5.02 Å². The van der Waals surface area contributed by atoms with Crippen molar-refractivity contribution in [2.45, 2.75) is 50.5 Å². The summed E-state index contributed by atoms with van der Waals surface area (Å²) < 4.78 is 42.1. The molecule has 222 valence electrons. The van der Waals surface area contributed by atoms with Gasteiger partial charge in [0.05, 0.1) is 35.4 Å². The van der Waals surface area contributed by atoms with E-state index >= 15 is 0 Å². The number of aromatic nitrogens is 4. The number of fused-ring (bicyclic) bond motifs is 2. The van der Waals surface area contributed by atoms with Gasteiger partial charge in [0, 0.05) is 24.4 Å². The molecular weight excluding hydrogens is 570 g/mol. The second-order valence-electron chi connectivity index (χ2n) is 11.1. The number of rotatable bonds is 8. The van der Waals surface area contributed by atoms with Gasteiger partial charge in [-0.25, -0.2) is 14.8 Å². The van der Waals surface area contributed by atoms with Crippen molar-refractivity contribution in [3.05, 3.63) is 82.0 Å². The van der Waals surface area contributed by atoms with Crippen molar-refractivity contribution >= 4 is 34.8 Å². The standard InChI is InChI=1S/C32H32ClN5O5/c1-41-27-15-21(33)16-34-29(27)26-8-5-20-3-2-4-23(30(20)43-26)19-9-12-37(13-10-19)18-28-35-24-6-7-25(32(39)40)36-31(24)38(28)17-22-11-14-42-22/h2-8,15-16,19,22,26H,9-14,17-18H2,1H3,(H,39,40)/t22-,26+/m0/s1/i1D3. The zero-order valence-electron chi connectivity index (χ0n) is 26.3. The first-order valence-electron chi connectivity index (χ1n) is 15.9. The highest BCUT2D eigenvalue weighted by atomic mass is 35.5. The van der Waals surface area contributed by atoms with Crippen LogP contribution in [0.15, 0.2) is 48.7 Å². The number of nitrogens with zero attached hydrogens (tertiary/aromatic N) is 5. The number of carboxylic acids is 1. The molecule has 2 saturated heterocycles. The maximum absolute atomic E-state index is 11.6. The molecule has 43 heavy (non-hydrogen) atoms. The Hall–Kier alpha value is -3.99. The number of piperidine rings is 1. The summed E-state index contributed by atoms with van der Waals surface area (Å²) >= 11 is 6.11. The molecule has 0 amide bonds. The Labute approximate surface area is 258 Å². The molecule has 11 heteroatoms. The van der Waals surface area contributed by atoms with Crippen LogP contribution in [-0.2, 0) is 17.8 Å². The summed E-state index contributed by atoms with van der Waals surface area (Å²) in [5.74, 6) is 0.837. The lowest BCUT2D eigenvalue weighted by Crippen LogP contribution is -2.35. The van der Waals surface area contributed by atoms with Crippen molar-refractivity contribution < 1.29 is 28.2 Å². The Bertz CT molecular complexity index is 1820. The smallest absolute Gasteiger partial charge is 0.354 e. The largest absolute Gasteiger partial charge is 0.495 e. The summed E-state index contributed by atoms with van der Waals surface area (Å²) in [6.07, 6.45) is 7.42. The third-order valence-electron chi connectivity index (χ3n) is 8.46. The van der Waals surface area contributed by atoms with E-state index in [-0.39, 0.29) is 28.5 Å². The van der Waals surface area contributed by atoms with Gasteiger partial charge in [-0.15, -0.1) is 0 Å². The number of carboxylic acid groups (broad SMARTS) is 1. The monoisotopic (exact) mass is 604 g/mol. The van der Waals surface area contributed by atoms with Crippen molar-refractivity contribution in [2.75, 3.05) is 26.7 Å². The van der Waals surface area contributed by atoms with E-state index in [0.29, 0.717) is 29.9 Å². The molecule has 0 aliphatic carbocycles. The fourth-order valence-electron chi connectivity index (χ4n) is 6.11. The van der Waals surface area contributed by atoms with E-state index in [1.165, 1.54) is 18.3 Å². The van der Waals surface area contributed by atoms with Gasteiger partial charge in [0.15, 0.2) is 17.4 Å². The highest BCUT2D eigenvalue weighted by molar-refractivity contribution is 6.30. The third kappa shape index (κ3) is 5.46. The van der Waals surface area contributed by atoms with Crippen LogP contribution in [0, 0.1) is 0 Å². The molecule has 7 rings (SSSR count). The van der Waals surface area contributed by atoms with E-state index < -0.39 is 19.1 Å². The van der Waals surface area contributed by atoms with Crippen LogP contribution in [0.25, 0.3) is 17.2 Å². The van der Waals surface area contributed by atoms with E-state index in [9.17, 15) is 9.90 Å². The highest BCUT2D eigenvalue weighted by Crippen LogP contribution is 2.43. The molecular formula is C32H32ClN5O5. The topological polar surface area (TPSA) is 112 Å². The van der Waals surface area contributed by atoms with Crippen LogP contribution in [-0.4, -0.2) is 68.3 Å². The second-order valence-corrected chi connectivity index (χ2v) is 11.6. The minimum absolute atomic E-state index is 0.00564. The number of carbonyl (C=O) groups is 1. The number of hydrogen-bond donors (Lipinski definition) is 1. The molecule has 0 saturated carbocycles. The molecule has 0 bridgehead atoms. The van der Waals surface area contributed by atoms with Crippen LogP contribution < -0.4 is 9.47 Å². The predicted molar refractivity (Wildman–Crippen MR) is 161 cm³/mol. The Morgan fingerprint density at radius 2 is 2.07 bits per heavy atom. The quantitative estimate of drug-likeness (QED) is 0.278. The Morgan fingerprint density at radius 3 is 2.84 bits per heavy atom. The number of halogens is 1. The first kappa shape index (κ1) is 24.5. The van der Waals surface area contributed by atoms with Gasteiger partial charge in [-0.05, 0) is 62.0 Å². The molecule has 10 nitrogen and oxygen atoms in total. The van der Waals surface area contributed by atoms with Crippen molar-refractivity contribution in [3.63, 3.8) is 0 Å². The lowest BCUT2D eigenvalue weighted by Gasteiger charge is -2.34. The zero-order chi connectivity index (χ0) is 32.0. The van der Waals surface area contributed by atoms with Crippen molar-refractivity contribution in [1.29, 1.82) is 0 Å². The van der Waals surface area contributed by atoms with Crippen LogP contribution in [0.5, 0.6) is 11.5 Å². The second kappa shape index (κ2) is 11.6. The molecule has 0 radical (unpaired) electrons. The number of aromatic carboxylic acids is 1. The van der Waals surface area contributed by atoms with Crippen LogP contribution >= 0.6 is 11.6 Å². The van der Waals surface area contributed by atoms with Gasteiger partial charge in [0.1, 0.15) is 28.5 Å². The number of methoxy groups -OCH3 is 1. The number of benzene rings is 1. The maximum atomic E-state index is 11.6. The van der Waals surface area contributed by atoms with Crippen molar-refractivity contribution in [1.82, 2.24) is 24.4 Å². The minimum atomic E-state index is -2.66. The lowest BCUT2D eigenvalue weighted by molar-refractivity contribution is -0.0593. The van der Waals surface area contributed by atoms with E-state index in [4.69, 9.17) is 34.9 Å². The van der Waals surface area contributed by atoms with Gasteiger partial charge in [-0.1, -0.05) is 35.9 Å². The number of ether oxygens (including phenoxy) is 3. The maximum Gasteiger partial charge on any atom is 0.354 e. The Kier molecular flexibility index (Phi) is 6.59. The van der Waals surface area contributed by atoms with Crippen molar-refractivity contribution in [2.24, 2.45) is 0 Å². The minimum Gasteiger partial charge on any atom is -0.495 e. The zero-order valence-corrected chi connectivity index (χ0v) is 24.0. The first-order valence-corrected chi connectivity index (χ1v) is 14.7. The average molecular weight is 605 g/mol. The average Bonchev–Trinajstić information content (AvgIpc) is 3.34. The molecule has 1 aromatic carbocycles. The molecule has 1 N–H and O–H groups in total. The van der Waals surface area contributed by atoms with E-state index in [1.54, 1.807) is 6.07 Å². The number of likely N-dealkylation sites (tertiary alicyclic amines) is 1. The summed E-state index contributed by atoms with van der Waals surface area (Å²) in [4.78, 5) is 27.6. The summed E-state index contributed by atoms with van der Waals surface area (Å²) in [6.45, 7) is 3.59. The summed E-state index contributed by atoms with van der Waals surface area (Å²) in [6, 6.07) is 10.8. The van der Waals surface area contributed by atoms with Crippen LogP contribution in [0.3, 0.4) is 0 Å². The molecule has 4 aromatic rings. The fourth-order valence-corrected chi connectivity index (χ4v) is 6.26. The Balaban J connectivity index is 1.08. The van der Waals surface area contributed by atoms with Crippen LogP contribution in [0.4, 0.5) is 0 Å². The molecule has 3 aliphatic rings. The number of pyridine rings is 2. The lowest BCUT2D eigenvalue weighted by atomic mass is 9.87.